The zero-order valence-corrected chi connectivity index (χ0v) is 19.9. The second-order valence-corrected chi connectivity index (χ2v) is 9.23. The van der Waals surface area contributed by atoms with Crippen molar-refractivity contribution in [2.45, 2.75) is 36.1 Å². The number of nitrogens with zero attached hydrogens (tertiary/aromatic N) is 3. The number of rotatable bonds is 5. The fourth-order valence-electron chi connectivity index (χ4n) is 4.30. The van der Waals surface area contributed by atoms with Crippen molar-refractivity contribution in [3.63, 3.8) is 0 Å². The third kappa shape index (κ3) is 4.39. The van der Waals surface area contributed by atoms with Crippen molar-refractivity contribution < 1.29 is 28.0 Å². The van der Waals surface area contributed by atoms with Gasteiger partial charge in [-0.2, -0.15) is 8.78 Å². The first-order valence-corrected chi connectivity index (χ1v) is 11.2. The molecule has 4 amide bonds. The first-order chi connectivity index (χ1) is 17.2. The molecule has 2 aliphatic heterocycles. The van der Waals surface area contributed by atoms with Crippen molar-refractivity contribution in [3.8, 4) is 0 Å². The van der Waals surface area contributed by atoms with Crippen molar-refractivity contribution >= 4 is 74.7 Å². The minimum absolute atomic E-state index is 0.129. The highest BCUT2D eigenvalue weighted by Gasteiger charge is 2.51. The fourth-order valence-corrected chi connectivity index (χ4v) is 4.43. The van der Waals surface area contributed by atoms with E-state index in [1.807, 2.05) is 0 Å². The Balaban J connectivity index is 1.57. The Hall–Kier alpha value is -3.01. The molecule has 3 atom stereocenters. The highest BCUT2D eigenvalue weighted by atomic mass is 35.5. The summed E-state index contributed by atoms with van der Waals surface area (Å²) < 4.78 is 29.6. The maximum Gasteiger partial charge on any atom is 0.348 e. The SMILES string of the molecule is [B]C1C[C@]([B])(N2Cc3cc(C([B])N([B])C(=O)C(F)(F)c4ccc(Cl)cc4)ccc3C2=O)C(=O)N([B])C1=O. The van der Waals surface area contributed by atoms with Gasteiger partial charge in [-0.25, -0.2) is 0 Å². The Labute approximate surface area is 222 Å². The van der Waals surface area contributed by atoms with E-state index in [2.05, 4.69) is 0 Å². The number of alkyl halides is 2. The molecule has 2 aromatic rings. The molecule has 37 heavy (non-hydrogen) atoms. The smallest absolute Gasteiger partial charge is 0.348 e. The van der Waals surface area contributed by atoms with E-state index >= 15 is 0 Å². The van der Waals surface area contributed by atoms with Crippen molar-refractivity contribution in [1.29, 1.82) is 0 Å². The predicted molar refractivity (Wildman–Crippen MR) is 133 cm³/mol. The number of carbonyl (C=O) groups excluding carboxylic acids is 4. The monoisotopic (exact) mass is 511 g/mol. The van der Waals surface area contributed by atoms with Gasteiger partial charge in [-0.05, 0) is 35.7 Å². The first kappa shape index (κ1) is 27.0. The lowest BCUT2D eigenvalue weighted by atomic mass is 9.61. The van der Waals surface area contributed by atoms with Gasteiger partial charge in [0.1, 0.15) is 15.7 Å². The molecule has 0 spiro atoms. The minimum Gasteiger partial charge on any atom is -0.393 e. The average molecular weight is 511 g/mol. The molecular formula is C22H13B5ClF2N3O4. The summed E-state index contributed by atoms with van der Waals surface area (Å²) in [6.07, 6.45) is -0.366. The van der Waals surface area contributed by atoms with E-state index in [1.165, 1.54) is 30.3 Å². The summed E-state index contributed by atoms with van der Waals surface area (Å²) in [7, 11) is 29.2. The zero-order valence-electron chi connectivity index (χ0n) is 19.1. The molecule has 176 valence electrons. The van der Waals surface area contributed by atoms with Crippen LogP contribution in [-0.4, -0.2) is 83.1 Å². The molecule has 0 N–H and O–H groups in total. The highest BCUT2D eigenvalue weighted by Crippen LogP contribution is 2.38. The molecular weight excluding hydrogens is 498 g/mol. The minimum atomic E-state index is -4.00. The van der Waals surface area contributed by atoms with Crippen LogP contribution in [0.5, 0.6) is 0 Å². The van der Waals surface area contributed by atoms with Crippen molar-refractivity contribution in [2.24, 2.45) is 0 Å². The van der Waals surface area contributed by atoms with Crippen LogP contribution in [0.15, 0.2) is 42.5 Å². The summed E-state index contributed by atoms with van der Waals surface area (Å²) in [5.74, 6) is -11.0. The van der Waals surface area contributed by atoms with Crippen LogP contribution in [0.4, 0.5) is 8.78 Å². The van der Waals surface area contributed by atoms with Crippen LogP contribution in [-0.2, 0) is 26.9 Å². The topological polar surface area (TPSA) is 78.0 Å². The van der Waals surface area contributed by atoms with Gasteiger partial charge in [0.25, 0.3) is 11.8 Å². The quantitative estimate of drug-likeness (QED) is 0.441. The lowest BCUT2D eigenvalue weighted by Crippen LogP contribution is -2.65. The van der Waals surface area contributed by atoms with Crippen LogP contribution in [0, 0.1) is 0 Å². The molecule has 4 rings (SSSR count). The van der Waals surface area contributed by atoms with E-state index in [-0.39, 0.29) is 38.7 Å². The first-order valence-electron chi connectivity index (χ1n) is 10.8. The number of carbonyl (C=O) groups is 4. The van der Waals surface area contributed by atoms with E-state index in [0.29, 0.717) is 5.56 Å². The van der Waals surface area contributed by atoms with Crippen LogP contribution in [0.3, 0.4) is 0 Å². The van der Waals surface area contributed by atoms with E-state index in [0.717, 1.165) is 17.0 Å². The Morgan fingerprint density at radius 3 is 2.41 bits per heavy atom. The highest BCUT2D eigenvalue weighted by molar-refractivity contribution is 6.42. The van der Waals surface area contributed by atoms with Crippen LogP contribution >= 0.6 is 11.6 Å². The Morgan fingerprint density at radius 1 is 1.16 bits per heavy atom. The molecule has 1 saturated heterocycles. The number of hydrogen-bond acceptors (Lipinski definition) is 4. The van der Waals surface area contributed by atoms with Gasteiger partial charge in [0.15, 0.2) is 0 Å². The number of fused-ring (bicyclic) bond motifs is 1. The molecule has 0 bridgehead atoms. The molecule has 0 aliphatic carbocycles. The molecule has 0 aromatic heterocycles. The van der Waals surface area contributed by atoms with Gasteiger partial charge >= 0.3 is 5.92 Å². The second kappa shape index (κ2) is 9.38. The predicted octanol–water partition coefficient (Wildman–Crippen LogP) is 0.831. The second-order valence-electron chi connectivity index (χ2n) is 8.79. The molecule has 2 aliphatic rings. The number of imide groups is 1. The lowest BCUT2D eigenvalue weighted by molar-refractivity contribution is -0.154. The molecule has 2 heterocycles. The zero-order chi connectivity index (χ0) is 27.4. The van der Waals surface area contributed by atoms with Gasteiger partial charge in [-0.1, -0.05) is 35.9 Å². The molecule has 0 saturated carbocycles. The number of benzene rings is 2. The van der Waals surface area contributed by atoms with Crippen molar-refractivity contribution in [1.82, 2.24) is 14.5 Å². The standard InChI is InChI=1S/C22H13B5ClF2N3O4/c23-15-8-21(25,19(36)33(27)18(15)35)31-9-11-7-10(1-6-14(11)17(31)34)16(24)32(26)20(37)22(29,30)12-2-4-13(28)5-3-12/h1-7,15-16H,8-9H2/t15?,16?,21-/m0/s1. The van der Waals surface area contributed by atoms with Gasteiger partial charge < -0.3 is 14.5 Å². The van der Waals surface area contributed by atoms with Gasteiger partial charge in [-0.15, -0.1) is 0 Å². The van der Waals surface area contributed by atoms with Gasteiger partial charge in [0.05, 0.1) is 13.3 Å². The number of halogens is 3. The summed E-state index contributed by atoms with van der Waals surface area (Å²) >= 11 is 5.72. The van der Waals surface area contributed by atoms with Crippen LogP contribution in [0.2, 0.25) is 10.8 Å². The summed E-state index contributed by atoms with van der Waals surface area (Å²) in [6.45, 7) is -0.203. The number of piperidine rings is 1. The average Bonchev–Trinajstić information content (AvgIpc) is 3.21. The molecule has 15 heteroatoms. The van der Waals surface area contributed by atoms with Gasteiger partial charge in [0.2, 0.25) is 27.8 Å². The number of hydrogen-bond donors (Lipinski definition) is 0. The molecule has 2 aromatic carbocycles. The molecule has 7 nitrogen and oxygen atoms in total. The fraction of sp³-hybridized carbons (Fsp3) is 0.273. The molecule has 1 fully saturated rings. The Kier molecular flexibility index (Phi) is 6.86. The van der Waals surface area contributed by atoms with E-state index in [1.54, 1.807) is 0 Å². The van der Waals surface area contributed by atoms with Crippen LogP contribution in [0.1, 0.15) is 39.4 Å². The third-order valence-corrected chi connectivity index (χ3v) is 6.69. The molecule has 10 radical (unpaired) electrons. The van der Waals surface area contributed by atoms with E-state index in [9.17, 15) is 28.0 Å². The number of amides is 4. The largest absolute Gasteiger partial charge is 0.393 e. The van der Waals surface area contributed by atoms with E-state index < -0.39 is 52.3 Å². The van der Waals surface area contributed by atoms with Crippen molar-refractivity contribution in [2.75, 3.05) is 0 Å². The van der Waals surface area contributed by atoms with Crippen LogP contribution in [0.25, 0.3) is 0 Å². The maximum atomic E-state index is 14.8. The summed E-state index contributed by atoms with van der Waals surface area (Å²) in [5, 5.41) is 0.206. The van der Waals surface area contributed by atoms with Gasteiger partial charge in [-0.3, -0.25) is 19.2 Å². The summed E-state index contributed by atoms with van der Waals surface area (Å²) in [5.41, 5.74) is -2.03. The maximum absolute atomic E-state index is 14.8. The van der Waals surface area contributed by atoms with Crippen LogP contribution < -0.4 is 0 Å². The third-order valence-electron chi connectivity index (χ3n) is 6.44. The van der Waals surface area contributed by atoms with Gasteiger partial charge in [0, 0.05) is 34.5 Å². The van der Waals surface area contributed by atoms with Crippen molar-refractivity contribution in [3.05, 3.63) is 69.7 Å². The van der Waals surface area contributed by atoms with E-state index in [4.69, 9.17) is 51.1 Å². The lowest BCUT2D eigenvalue weighted by Gasteiger charge is -2.46. The molecule has 2 unspecified atom stereocenters. The summed E-state index contributed by atoms with van der Waals surface area (Å²) in [4.78, 5) is 51.7. The normalized spacial score (nSPS) is 22.7. The summed E-state index contributed by atoms with van der Waals surface area (Å²) in [6, 6.07) is 8.44. The Morgan fingerprint density at radius 2 is 1.78 bits per heavy atom. The Bertz CT molecular complexity index is 1320.